The molecule has 0 aliphatic heterocycles. The molecule has 2 fully saturated rings. The number of hydrogen-bond donors (Lipinski definition) is 2. The van der Waals surface area contributed by atoms with Crippen molar-refractivity contribution in [2.24, 2.45) is 29.1 Å². The fourth-order valence-corrected chi connectivity index (χ4v) is 6.98. The Morgan fingerprint density at radius 1 is 1.21 bits per heavy atom. The highest BCUT2D eigenvalue weighted by molar-refractivity contribution is 5.41. The quantitative estimate of drug-likeness (QED) is 0.527. The predicted octanol–water partition coefficient (Wildman–Crippen LogP) is 6.55. The summed E-state index contributed by atoms with van der Waals surface area (Å²) in [6.45, 7) is 14.8. The number of terminal acetylenes is 1. The number of phenols is 1. The standard InChI is InChI=1S/C23H30O2.2C2H6/c1-5-15-11-16-12-17(24)7-8-18(16)19-9-10-22(4)21(20(15)19)14(3)13-23(22,25)6-2;2*1-2/h2,7-8,12,14-15,19-21,24-25H,5,9-11,13H2,1,3-4H3;2*1-2H3/t14?,15-,19?,20?,21?,22?,23?;;/m1../s1. The Hall–Kier alpha value is -1.46. The molecule has 0 amide bonds. The molecule has 1 aromatic rings. The summed E-state index contributed by atoms with van der Waals surface area (Å²) < 4.78 is 0. The second-order valence-electron chi connectivity index (χ2n) is 9.11. The average molecular weight is 399 g/mol. The molecule has 162 valence electrons. The number of benzene rings is 1. The number of hydrogen-bond acceptors (Lipinski definition) is 2. The van der Waals surface area contributed by atoms with Crippen LogP contribution in [0.25, 0.3) is 0 Å². The monoisotopic (exact) mass is 398 g/mol. The van der Waals surface area contributed by atoms with Gasteiger partial charge in [0.1, 0.15) is 11.4 Å². The van der Waals surface area contributed by atoms with Gasteiger partial charge in [-0.1, -0.05) is 66.9 Å². The molecule has 0 heterocycles. The van der Waals surface area contributed by atoms with Gasteiger partial charge < -0.3 is 10.2 Å². The van der Waals surface area contributed by atoms with Gasteiger partial charge in [-0.2, -0.15) is 0 Å². The van der Waals surface area contributed by atoms with Crippen molar-refractivity contribution in [1.29, 1.82) is 0 Å². The van der Waals surface area contributed by atoms with Crippen molar-refractivity contribution in [1.82, 2.24) is 0 Å². The summed E-state index contributed by atoms with van der Waals surface area (Å²) in [5, 5.41) is 21.2. The van der Waals surface area contributed by atoms with Gasteiger partial charge >= 0.3 is 0 Å². The van der Waals surface area contributed by atoms with E-state index in [4.69, 9.17) is 6.42 Å². The highest BCUT2D eigenvalue weighted by Gasteiger charge is 2.64. The molecule has 0 bridgehead atoms. The van der Waals surface area contributed by atoms with E-state index in [2.05, 4.69) is 32.8 Å². The molecule has 3 aliphatic carbocycles. The van der Waals surface area contributed by atoms with Gasteiger partial charge in [0.2, 0.25) is 0 Å². The SMILES string of the molecule is C#CC1(O)CC(C)C2C3C(CCC21C)c1ccc(O)cc1C[C@H]3CC.CC.CC. The third kappa shape index (κ3) is 3.61. The smallest absolute Gasteiger partial charge is 0.131 e. The summed E-state index contributed by atoms with van der Waals surface area (Å²) >= 11 is 0. The molecule has 2 nitrogen and oxygen atoms in total. The Balaban J connectivity index is 0.000000707. The second-order valence-corrected chi connectivity index (χ2v) is 9.11. The summed E-state index contributed by atoms with van der Waals surface area (Å²) in [5.74, 6) is 5.81. The van der Waals surface area contributed by atoms with Crippen molar-refractivity contribution in [3.63, 3.8) is 0 Å². The minimum atomic E-state index is -0.963. The average Bonchev–Trinajstić information content (AvgIpc) is 2.95. The number of phenolic OH excluding ortho intramolecular Hbond substituents is 1. The zero-order valence-electron chi connectivity index (χ0n) is 19.6. The second kappa shape index (κ2) is 9.13. The summed E-state index contributed by atoms with van der Waals surface area (Å²) in [4.78, 5) is 0. The fraction of sp³-hybridized carbons (Fsp3) is 0.704. The van der Waals surface area contributed by atoms with Gasteiger partial charge in [-0.05, 0) is 78.5 Å². The molecule has 6 unspecified atom stereocenters. The highest BCUT2D eigenvalue weighted by Crippen LogP contribution is 2.67. The third-order valence-electron chi connectivity index (χ3n) is 8.08. The van der Waals surface area contributed by atoms with Gasteiger partial charge in [0.25, 0.3) is 0 Å². The van der Waals surface area contributed by atoms with E-state index in [1.54, 1.807) is 0 Å². The van der Waals surface area contributed by atoms with Crippen LogP contribution in [0.2, 0.25) is 0 Å². The minimum Gasteiger partial charge on any atom is -0.508 e. The molecule has 2 heteroatoms. The first-order valence-electron chi connectivity index (χ1n) is 11.9. The van der Waals surface area contributed by atoms with Gasteiger partial charge in [0, 0.05) is 5.41 Å². The van der Waals surface area contributed by atoms with E-state index in [1.165, 1.54) is 11.1 Å². The zero-order valence-corrected chi connectivity index (χ0v) is 19.6. The molecule has 2 saturated carbocycles. The van der Waals surface area contributed by atoms with Crippen LogP contribution in [0.15, 0.2) is 18.2 Å². The van der Waals surface area contributed by atoms with Crippen LogP contribution in [-0.2, 0) is 6.42 Å². The van der Waals surface area contributed by atoms with Gasteiger partial charge in [0.15, 0.2) is 0 Å². The van der Waals surface area contributed by atoms with E-state index in [-0.39, 0.29) is 5.41 Å². The van der Waals surface area contributed by atoms with E-state index in [9.17, 15) is 10.2 Å². The first-order valence-corrected chi connectivity index (χ1v) is 11.9. The molecular weight excluding hydrogens is 356 g/mol. The normalized spacial score (nSPS) is 39.3. The van der Waals surface area contributed by atoms with Crippen LogP contribution < -0.4 is 0 Å². The van der Waals surface area contributed by atoms with E-state index < -0.39 is 5.60 Å². The van der Waals surface area contributed by atoms with Crippen molar-refractivity contribution in [2.45, 2.75) is 92.1 Å². The number of aliphatic hydroxyl groups is 1. The summed E-state index contributed by atoms with van der Waals surface area (Å²) in [6.07, 6.45) is 10.8. The van der Waals surface area contributed by atoms with Gasteiger partial charge in [-0.3, -0.25) is 0 Å². The van der Waals surface area contributed by atoms with Crippen LogP contribution >= 0.6 is 0 Å². The molecule has 0 aromatic heterocycles. The van der Waals surface area contributed by atoms with Crippen LogP contribution in [0.1, 0.15) is 91.2 Å². The Morgan fingerprint density at radius 2 is 1.86 bits per heavy atom. The lowest BCUT2D eigenvalue weighted by atomic mass is 9.49. The van der Waals surface area contributed by atoms with Crippen molar-refractivity contribution in [3.8, 4) is 18.1 Å². The largest absolute Gasteiger partial charge is 0.508 e. The lowest BCUT2D eigenvalue weighted by Gasteiger charge is -2.55. The van der Waals surface area contributed by atoms with Gasteiger partial charge in [0.05, 0.1) is 0 Å². The van der Waals surface area contributed by atoms with E-state index >= 15 is 0 Å². The molecule has 2 N–H and O–H groups in total. The Morgan fingerprint density at radius 3 is 2.45 bits per heavy atom. The minimum absolute atomic E-state index is 0.176. The topological polar surface area (TPSA) is 40.5 Å². The molecule has 1 aromatic carbocycles. The van der Waals surface area contributed by atoms with Crippen LogP contribution in [0.5, 0.6) is 5.75 Å². The van der Waals surface area contributed by atoms with Crippen molar-refractivity contribution in [3.05, 3.63) is 29.3 Å². The van der Waals surface area contributed by atoms with Gasteiger partial charge in [-0.15, -0.1) is 6.42 Å². The Bertz CT molecular complexity index is 733. The van der Waals surface area contributed by atoms with Crippen molar-refractivity contribution < 1.29 is 10.2 Å². The summed E-state index contributed by atoms with van der Waals surface area (Å²) in [7, 11) is 0. The highest BCUT2D eigenvalue weighted by atomic mass is 16.3. The van der Waals surface area contributed by atoms with Crippen molar-refractivity contribution in [2.75, 3.05) is 0 Å². The number of rotatable bonds is 1. The number of aromatic hydroxyl groups is 1. The summed E-state index contributed by atoms with van der Waals surface area (Å²) in [5.41, 5.74) is 1.62. The maximum Gasteiger partial charge on any atom is 0.131 e. The first kappa shape index (κ1) is 23.8. The molecule has 7 atom stereocenters. The lowest BCUT2D eigenvalue weighted by molar-refractivity contribution is -0.0789. The van der Waals surface area contributed by atoms with E-state index in [0.29, 0.717) is 35.3 Å². The molecule has 29 heavy (non-hydrogen) atoms. The fourth-order valence-electron chi connectivity index (χ4n) is 6.98. The molecular formula is C27H42O2. The molecule has 0 saturated heterocycles. The van der Waals surface area contributed by atoms with Crippen molar-refractivity contribution >= 4 is 0 Å². The zero-order chi connectivity index (χ0) is 22.0. The Labute approximate surface area is 179 Å². The third-order valence-corrected chi connectivity index (χ3v) is 8.08. The maximum atomic E-state index is 11.2. The van der Waals surface area contributed by atoms with E-state index in [0.717, 1.165) is 32.1 Å². The van der Waals surface area contributed by atoms with E-state index in [1.807, 2.05) is 39.8 Å². The molecule has 0 radical (unpaired) electrons. The van der Waals surface area contributed by atoms with Crippen LogP contribution in [0.3, 0.4) is 0 Å². The van der Waals surface area contributed by atoms with Crippen LogP contribution in [-0.4, -0.2) is 15.8 Å². The molecule has 3 aliphatic rings. The summed E-state index contributed by atoms with van der Waals surface area (Å²) in [6, 6.07) is 5.95. The Kier molecular flexibility index (Phi) is 7.50. The van der Waals surface area contributed by atoms with Crippen LogP contribution in [0.4, 0.5) is 0 Å². The predicted molar refractivity (Wildman–Crippen MR) is 123 cm³/mol. The molecule has 0 spiro atoms. The molecule has 4 rings (SSSR count). The number of fused-ring (bicyclic) bond motifs is 5. The maximum absolute atomic E-state index is 11.2. The van der Waals surface area contributed by atoms with Crippen LogP contribution in [0, 0.1) is 41.4 Å². The first-order chi connectivity index (χ1) is 13.8. The van der Waals surface area contributed by atoms with Gasteiger partial charge in [-0.25, -0.2) is 0 Å². The lowest BCUT2D eigenvalue weighted by Crippen LogP contribution is -2.52.